The maximum atomic E-state index is 2.49. The molecule has 13 rings (SSSR count). The van der Waals surface area contributed by atoms with Crippen molar-refractivity contribution in [1.29, 1.82) is 0 Å². The number of nitrogens with zero attached hydrogens (tertiary/aromatic N) is 2. The van der Waals surface area contributed by atoms with Crippen molar-refractivity contribution in [3.63, 3.8) is 0 Å². The summed E-state index contributed by atoms with van der Waals surface area (Å²) in [6.45, 7) is 4.30. The minimum absolute atomic E-state index is 1.13. The van der Waals surface area contributed by atoms with E-state index in [1.807, 2.05) is 45.3 Å². The monoisotopic (exact) mass is 916 g/mol. The van der Waals surface area contributed by atoms with Crippen LogP contribution in [0.3, 0.4) is 0 Å². The van der Waals surface area contributed by atoms with Gasteiger partial charge < -0.3 is 9.80 Å². The van der Waals surface area contributed by atoms with E-state index in [0.29, 0.717) is 0 Å². The van der Waals surface area contributed by atoms with Gasteiger partial charge in [-0.05, 0) is 96.9 Å². The van der Waals surface area contributed by atoms with Crippen molar-refractivity contribution in [3.05, 3.63) is 204 Å². The number of rotatable bonds is 7. The number of benzene rings is 9. The quantitative estimate of drug-likeness (QED) is 0.157. The van der Waals surface area contributed by atoms with Crippen LogP contribution in [0.2, 0.25) is 0 Å². The van der Waals surface area contributed by atoms with Crippen LogP contribution in [-0.4, -0.2) is 0 Å². The van der Waals surface area contributed by atoms with Gasteiger partial charge in [0.2, 0.25) is 0 Å². The summed E-state index contributed by atoms with van der Waals surface area (Å²) in [4.78, 5) is 4.98. The lowest BCUT2D eigenvalue weighted by atomic mass is 10.0. The molecule has 9 aromatic carbocycles. The molecule has 0 aliphatic carbocycles. The minimum atomic E-state index is 1.13. The lowest BCUT2D eigenvalue weighted by Gasteiger charge is -2.27. The normalized spacial score (nSPS) is 12.6. The molecule has 2 nitrogen and oxygen atoms in total. The van der Waals surface area contributed by atoms with Crippen LogP contribution in [0.25, 0.3) is 93.9 Å². The molecule has 0 bridgehead atoms. The van der Waals surface area contributed by atoms with E-state index in [1.54, 1.807) is 0 Å². The van der Waals surface area contributed by atoms with Gasteiger partial charge in [-0.3, -0.25) is 0 Å². The lowest BCUT2D eigenvalue weighted by Crippen LogP contribution is -2.17. The van der Waals surface area contributed by atoms with Crippen molar-refractivity contribution >= 4 is 162 Å². The van der Waals surface area contributed by atoms with Crippen molar-refractivity contribution in [2.24, 2.45) is 0 Å². The largest absolute Gasteiger partial charge is 0.308 e. The lowest BCUT2D eigenvalue weighted by molar-refractivity contribution is 1.32. The van der Waals surface area contributed by atoms with E-state index < -0.39 is 0 Å². The molecule has 0 N–H and O–H groups in total. The second-order valence-electron chi connectivity index (χ2n) is 16.6. The van der Waals surface area contributed by atoms with E-state index in [4.69, 9.17) is 0 Å². The molecule has 0 unspecified atom stereocenters. The fraction of sp³-hybridized carbons (Fsp3) is 0.0333. The highest BCUT2D eigenvalue weighted by molar-refractivity contribution is 7.27. The third-order valence-electron chi connectivity index (χ3n) is 13.0. The smallest absolute Gasteiger partial charge is 0.0640 e. The molecular weight excluding hydrogens is 877 g/mol. The zero-order valence-electron chi connectivity index (χ0n) is 36.2. The molecule has 0 atom stereocenters. The van der Waals surface area contributed by atoms with Crippen molar-refractivity contribution in [3.8, 4) is 11.1 Å². The molecule has 4 heterocycles. The summed E-state index contributed by atoms with van der Waals surface area (Å²) in [6.07, 6.45) is 4.50. The number of hydrogen-bond donors (Lipinski definition) is 0. The highest BCUT2D eigenvalue weighted by atomic mass is 32.1. The molecule has 0 fully saturated rings. The van der Waals surface area contributed by atoms with Gasteiger partial charge in [0, 0.05) is 67.7 Å². The fourth-order valence-electron chi connectivity index (χ4n) is 9.98. The topological polar surface area (TPSA) is 6.48 Å². The zero-order valence-corrected chi connectivity index (χ0v) is 39.4. The Morgan fingerprint density at radius 3 is 1.00 bits per heavy atom. The highest BCUT2D eigenvalue weighted by Gasteiger charge is 2.23. The van der Waals surface area contributed by atoms with Gasteiger partial charge in [0.05, 0.1) is 41.5 Å². The summed E-state index contributed by atoms with van der Waals surface area (Å²) in [5.41, 5.74) is 9.38. The van der Waals surface area contributed by atoms with Gasteiger partial charge in [0.25, 0.3) is 0 Å². The maximum absolute atomic E-state index is 2.49. The molecule has 0 saturated heterocycles. The van der Waals surface area contributed by atoms with E-state index >= 15 is 0 Å². The predicted octanol–water partition coefficient (Wildman–Crippen LogP) is 18.2. The molecular formula is C60H40N2S4. The first kappa shape index (κ1) is 39.3. The number of anilines is 6. The average molecular weight is 917 g/mol. The van der Waals surface area contributed by atoms with E-state index in [2.05, 4.69) is 230 Å². The fourth-order valence-corrected chi connectivity index (χ4v) is 14.8. The molecule has 4 aromatic heterocycles. The van der Waals surface area contributed by atoms with Crippen LogP contribution < -0.4 is 19.6 Å². The van der Waals surface area contributed by atoms with Crippen molar-refractivity contribution in [1.82, 2.24) is 0 Å². The van der Waals surface area contributed by atoms with Gasteiger partial charge in [-0.1, -0.05) is 140 Å². The summed E-state index contributed by atoms with van der Waals surface area (Å²) in [7, 11) is 0. The Bertz CT molecular complexity index is 4040. The van der Waals surface area contributed by atoms with E-state index in [9.17, 15) is 0 Å². The third kappa shape index (κ3) is 6.17. The SMILES string of the molecule is CC=c1sc2c(N(c3ccc(-c4ccc(N(c5cccc6c5sc5ccccc56)c5cccc6c5sc5ccccc56)cc4)cc3)c3cccc4c3sc3ccccc34)cccc2c1=CC. The summed E-state index contributed by atoms with van der Waals surface area (Å²) in [5.74, 6) is 0. The molecule has 66 heavy (non-hydrogen) atoms. The Morgan fingerprint density at radius 1 is 0.303 bits per heavy atom. The van der Waals surface area contributed by atoms with E-state index in [0.717, 1.165) is 11.4 Å². The minimum Gasteiger partial charge on any atom is -0.308 e. The molecule has 0 aliphatic rings. The number of fused-ring (bicyclic) bond motifs is 10. The molecule has 0 amide bonds. The molecule has 6 heteroatoms. The third-order valence-corrected chi connectivity index (χ3v) is 17.9. The zero-order chi connectivity index (χ0) is 43.9. The van der Waals surface area contributed by atoms with E-state index in [1.165, 1.54) is 114 Å². The first-order chi connectivity index (χ1) is 32.6. The van der Waals surface area contributed by atoms with Gasteiger partial charge >= 0.3 is 0 Å². The van der Waals surface area contributed by atoms with Crippen molar-refractivity contribution in [2.45, 2.75) is 13.8 Å². The van der Waals surface area contributed by atoms with Crippen LogP contribution in [0.4, 0.5) is 34.1 Å². The van der Waals surface area contributed by atoms with Gasteiger partial charge in [-0.15, -0.1) is 45.3 Å². The van der Waals surface area contributed by atoms with Crippen LogP contribution >= 0.6 is 45.3 Å². The molecule has 0 saturated carbocycles. The Balaban J connectivity index is 0.944. The van der Waals surface area contributed by atoms with Gasteiger partial charge in [0.1, 0.15) is 0 Å². The van der Waals surface area contributed by atoms with Crippen LogP contribution in [0, 0.1) is 0 Å². The Kier molecular flexibility index (Phi) is 9.43. The molecule has 0 aliphatic heterocycles. The predicted molar refractivity (Wildman–Crippen MR) is 295 cm³/mol. The molecule has 13 aromatic rings. The first-order valence-corrected chi connectivity index (χ1v) is 25.6. The Labute approximate surface area is 398 Å². The average Bonchev–Trinajstić information content (AvgIpc) is 4.16. The summed E-state index contributed by atoms with van der Waals surface area (Å²) in [6, 6.07) is 71.9. The van der Waals surface area contributed by atoms with Crippen LogP contribution in [-0.2, 0) is 0 Å². The van der Waals surface area contributed by atoms with Crippen molar-refractivity contribution < 1.29 is 0 Å². The highest BCUT2D eigenvalue weighted by Crippen LogP contribution is 2.50. The summed E-state index contributed by atoms with van der Waals surface area (Å²) >= 11 is 7.51. The molecule has 314 valence electrons. The van der Waals surface area contributed by atoms with Crippen LogP contribution in [0.1, 0.15) is 13.8 Å². The van der Waals surface area contributed by atoms with Crippen molar-refractivity contribution in [2.75, 3.05) is 9.80 Å². The van der Waals surface area contributed by atoms with Crippen LogP contribution in [0.5, 0.6) is 0 Å². The summed E-state index contributed by atoms with van der Waals surface area (Å²) in [5, 5.41) is 10.4. The Hall–Kier alpha value is -7.06. The van der Waals surface area contributed by atoms with E-state index in [-0.39, 0.29) is 0 Å². The van der Waals surface area contributed by atoms with Gasteiger partial charge in [-0.25, -0.2) is 0 Å². The second-order valence-corrected chi connectivity index (χ2v) is 20.8. The number of hydrogen-bond acceptors (Lipinski definition) is 6. The Morgan fingerprint density at radius 2 is 0.636 bits per heavy atom. The maximum Gasteiger partial charge on any atom is 0.0640 e. The van der Waals surface area contributed by atoms with Crippen LogP contribution in [0.15, 0.2) is 194 Å². The number of thiophene rings is 4. The van der Waals surface area contributed by atoms with Gasteiger partial charge in [0.15, 0.2) is 0 Å². The molecule has 0 radical (unpaired) electrons. The standard InChI is InChI=1S/C60H40N2S4/c1-3-41-45-18-11-22-49(57(45)63-53(41)4-2)61(50-23-12-19-46-42-15-5-8-26-54(42)64-58(46)50)39-33-29-37(30-34-39)38-31-35-40(36-32-38)62(51-24-13-20-47-43-16-6-9-27-55(43)65-59(47)51)52-25-14-21-48-44-17-7-10-28-56(44)66-60(48)52/h3-36H,1-2H3. The first-order valence-electron chi connectivity index (χ1n) is 22.3. The summed E-state index contributed by atoms with van der Waals surface area (Å²) < 4.78 is 10.4. The van der Waals surface area contributed by atoms with Gasteiger partial charge in [-0.2, -0.15) is 0 Å². The second kappa shape index (κ2) is 15.8. The molecule has 0 spiro atoms.